The summed E-state index contributed by atoms with van der Waals surface area (Å²) in [6.45, 7) is 6.00. The van der Waals surface area contributed by atoms with E-state index < -0.39 is 0 Å². The van der Waals surface area contributed by atoms with E-state index in [0.29, 0.717) is 5.69 Å². The van der Waals surface area contributed by atoms with Gasteiger partial charge in [-0.3, -0.25) is 0 Å². The lowest BCUT2D eigenvalue weighted by Crippen LogP contribution is -2.30. The predicted molar refractivity (Wildman–Crippen MR) is 101 cm³/mol. The second-order valence-electron chi connectivity index (χ2n) is 6.44. The Morgan fingerprint density at radius 1 is 1.12 bits per heavy atom. The van der Waals surface area contributed by atoms with Crippen LogP contribution in [-0.4, -0.2) is 23.2 Å². The van der Waals surface area contributed by atoms with Gasteiger partial charge in [0.25, 0.3) is 0 Å². The minimum absolute atomic E-state index is 0.206. The highest BCUT2D eigenvalue weighted by atomic mass is 16.3. The lowest BCUT2D eigenvalue weighted by molar-refractivity contribution is 0.470. The van der Waals surface area contributed by atoms with Gasteiger partial charge >= 0.3 is 0 Å². The molecule has 126 valence electrons. The van der Waals surface area contributed by atoms with Gasteiger partial charge in [-0.25, -0.2) is 4.98 Å². The highest BCUT2D eigenvalue weighted by Gasteiger charge is 2.15. The van der Waals surface area contributed by atoms with Crippen molar-refractivity contribution < 1.29 is 5.11 Å². The predicted octanol–water partition coefficient (Wildman–Crippen LogP) is 4.60. The molecule has 0 spiro atoms. The van der Waals surface area contributed by atoms with E-state index in [1.54, 1.807) is 12.1 Å². The van der Waals surface area contributed by atoms with Crippen molar-refractivity contribution in [3.05, 3.63) is 59.9 Å². The van der Waals surface area contributed by atoms with Crippen LogP contribution in [0, 0.1) is 0 Å². The zero-order chi connectivity index (χ0) is 16.8. The third-order valence-electron chi connectivity index (χ3n) is 4.72. The highest BCUT2D eigenvalue weighted by molar-refractivity contribution is 5.55. The Kier molecular flexibility index (Phi) is 5.52. The number of pyridine rings is 1. The molecule has 3 rings (SSSR count). The molecule has 3 nitrogen and oxygen atoms in total. The summed E-state index contributed by atoms with van der Waals surface area (Å²) in [6, 6.07) is 12.4. The van der Waals surface area contributed by atoms with E-state index >= 15 is 0 Å². The molecule has 0 fully saturated rings. The fourth-order valence-electron chi connectivity index (χ4n) is 3.43. The maximum atomic E-state index is 9.63. The third-order valence-corrected chi connectivity index (χ3v) is 4.72. The Hall–Kier alpha value is -2.29. The van der Waals surface area contributed by atoms with E-state index in [4.69, 9.17) is 0 Å². The molecular formula is C21H26N2O. The normalized spacial score (nSPS) is 13.6. The van der Waals surface area contributed by atoms with Gasteiger partial charge in [-0.05, 0) is 61.9 Å². The fraction of sp³-hybridized carbons (Fsp3) is 0.381. The van der Waals surface area contributed by atoms with Crippen LogP contribution in [0.5, 0.6) is 5.75 Å². The molecule has 0 atom stereocenters. The molecule has 3 heteroatoms. The average molecular weight is 322 g/mol. The number of aryl methyl sites for hydroxylation is 2. The molecule has 2 heterocycles. The molecule has 0 amide bonds. The zero-order valence-corrected chi connectivity index (χ0v) is 14.2. The van der Waals surface area contributed by atoms with Gasteiger partial charge in [0, 0.05) is 24.5 Å². The summed E-state index contributed by atoms with van der Waals surface area (Å²) in [6.07, 6.45) is 8.57. The highest BCUT2D eigenvalue weighted by Crippen LogP contribution is 2.27. The number of fused-ring (bicyclic) bond motifs is 1. The number of unbranched alkanes of at least 4 members (excludes halogenated alkanes) is 2. The van der Waals surface area contributed by atoms with Crippen molar-refractivity contribution in [2.75, 3.05) is 18.0 Å². The number of hydrogen-bond donors (Lipinski definition) is 1. The van der Waals surface area contributed by atoms with Crippen LogP contribution in [0.25, 0.3) is 6.08 Å². The minimum atomic E-state index is 0.206. The Labute approximate surface area is 144 Å². The van der Waals surface area contributed by atoms with Crippen molar-refractivity contribution in [1.29, 1.82) is 0 Å². The first kappa shape index (κ1) is 16.6. The van der Waals surface area contributed by atoms with Crippen molar-refractivity contribution in [2.24, 2.45) is 0 Å². The van der Waals surface area contributed by atoms with Crippen LogP contribution in [0.15, 0.2) is 43.0 Å². The molecular weight excluding hydrogens is 296 g/mol. The molecule has 2 aromatic rings. The Morgan fingerprint density at radius 2 is 2.00 bits per heavy atom. The van der Waals surface area contributed by atoms with Crippen LogP contribution < -0.4 is 4.90 Å². The molecule has 0 aliphatic carbocycles. The average Bonchev–Trinajstić information content (AvgIpc) is 2.63. The van der Waals surface area contributed by atoms with E-state index in [1.807, 2.05) is 6.07 Å². The number of benzene rings is 1. The summed E-state index contributed by atoms with van der Waals surface area (Å²) in [5.74, 6) is 0.206. The topological polar surface area (TPSA) is 36.4 Å². The molecule has 0 saturated carbocycles. The molecule has 1 N–H and O–H groups in total. The number of aromatic nitrogens is 1. The largest absolute Gasteiger partial charge is 0.506 e. The van der Waals surface area contributed by atoms with Gasteiger partial charge in [-0.1, -0.05) is 31.2 Å². The van der Waals surface area contributed by atoms with Crippen molar-refractivity contribution in [3.63, 3.8) is 0 Å². The van der Waals surface area contributed by atoms with Crippen LogP contribution in [0.4, 0.5) is 5.69 Å². The van der Waals surface area contributed by atoms with Crippen molar-refractivity contribution in [2.45, 2.75) is 38.5 Å². The number of rotatable bonds is 7. The Morgan fingerprint density at radius 3 is 2.88 bits per heavy atom. The van der Waals surface area contributed by atoms with Gasteiger partial charge in [-0.2, -0.15) is 0 Å². The van der Waals surface area contributed by atoms with E-state index in [-0.39, 0.29) is 5.75 Å². The lowest BCUT2D eigenvalue weighted by Gasteiger charge is -2.31. The smallest absolute Gasteiger partial charge is 0.141 e. The van der Waals surface area contributed by atoms with Crippen LogP contribution in [0.3, 0.4) is 0 Å². The molecule has 0 bridgehead atoms. The summed E-state index contributed by atoms with van der Waals surface area (Å²) in [5, 5.41) is 9.63. The van der Waals surface area contributed by atoms with Crippen LogP contribution in [0.2, 0.25) is 0 Å². The van der Waals surface area contributed by atoms with Gasteiger partial charge in [0.1, 0.15) is 11.4 Å². The van der Waals surface area contributed by atoms with Crippen molar-refractivity contribution in [3.8, 4) is 5.75 Å². The standard InChI is InChI=1S/C21H26N2O/c1-2-19-21(24)14-13-18(22-19)11-4-3-7-15-23-16-8-10-17-9-5-6-12-20(17)23/h2,5-6,9,12-14,24H,1,3-4,7-8,10-11,15-16H2. The number of hydrogen-bond acceptors (Lipinski definition) is 3. The van der Waals surface area contributed by atoms with Crippen molar-refractivity contribution in [1.82, 2.24) is 4.98 Å². The number of aromatic hydroxyl groups is 1. The number of anilines is 1. The number of nitrogens with zero attached hydrogens (tertiary/aromatic N) is 2. The fourth-order valence-corrected chi connectivity index (χ4v) is 3.43. The van der Waals surface area contributed by atoms with E-state index in [2.05, 4.69) is 40.7 Å². The van der Waals surface area contributed by atoms with Gasteiger partial charge in [0.2, 0.25) is 0 Å². The summed E-state index contributed by atoms with van der Waals surface area (Å²) >= 11 is 0. The molecule has 24 heavy (non-hydrogen) atoms. The molecule has 1 aliphatic rings. The van der Waals surface area contributed by atoms with Crippen molar-refractivity contribution >= 4 is 11.8 Å². The Balaban J connectivity index is 1.44. The van der Waals surface area contributed by atoms with Crippen LogP contribution in [0.1, 0.15) is 42.6 Å². The molecule has 1 aromatic carbocycles. The molecule has 0 radical (unpaired) electrons. The SMILES string of the molecule is C=Cc1nc(CCCCCN2CCCc3ccccc32)ccc1O. The Bertz CT molecular complexity index is 696. The first-order chi connectivity index (χ1) is 11.8. The zero-order valence-electron chi connectivity index (χ0n) is 14.2. The summed E-state index contributed by atoms with van der Waals surface area (Å²) in [5.41, 5.74) is 4.54. The summed E-state index contributed by atoms with van der Waals surface area (Å²) in [4.78, 5) is 6.96. The lowest BCUT2D eigenvalue weighted by atomic mass is 10.0. The molecule has 0 unspecified atom stereocenters. The second kappa shape index (κ2) is 8.00. The van der Waals surface area contributed by atoms with Crippen LogP contribution >= 0.6 is 0 Å². The van der Waals surface area contributed by atoms with Gasteiger partial charge in [0.05, 0.1) is 0 Å². The van der Waals surface area contributed by atoms with E-state index in [0.717, 1.165) is 25.1 Å². The molecule has 0 saturated heterocycles. The molecule has 1 aliphatic heterocycles. The monoisotopic (exact) mass is 322 g/mol. The maximum absolute atomic E-state index is 9.63. The van der Waals surface area contributed by atoms with E-state index in [9.17, 15) is 5.11 Å². The number of para-hydroxylation sites is 1. The first-order valence-electron chi connectivity index (χ1n) is 8.92. The van der Waals surface area contributed by atoms with Gasteiger partial charge < -0.3 is 10.0 Å². The quantitative estimate of drug-likeness (QED) is 0.757. The molecule has 1 aromatic heterocycles. The van der Waals surface area contributed by atoms with E-state index in [1.165, 1.54) is 43.5 Å². The summed E-state index contributed by atoms with van der Waals surface area (Å²) in [7, 11) is 0. The first-order valence-corrected chi connectivity index (χ1v) is 8.92. The second-order valence-corrected chi connectivity index (χ2v) is 6.44. The maximum Gasteiger partial charge on any atom is 0.141 e. The minimum Gasteiger partial charge on any atom is -0.506 e. The van der Waals surface area contributed by atoms with Gasteiger partial charge in [-0.15, -0.1) is 0 Å². The third kappa shape index (κ3) is 3.97. The summed E-state index contributed by atoms with van der Waals surface area (Å²) < 4.78 is 0. The van der Waals surface area contributed by atoms with Gasteiger partial charge in [0.15, 0.2) is 0 Å². The van der Waals surface area contributed by atoms with Crippen LogP contribution in [-0.2, 0) is 12.8 Å².